The minimum absolute atomic E-state index is 0.0543. The van der Waals surface area contributed by atoms with Crippen molar-refractivity contribution >= 4 is 23.4 Å². The Morgan fingerprint density at radius 2 is 1.85 bits per heavy atom. The van der Waals surface area contributed by atoms with Crippen LogP contribution in [0, 0.1) is 0 Å². The van der Waals surface area contributed by atoms with Crippen molar-refractivity contribution in [3.63, 3.8) is 0 Å². The normalized spacial score (nSPS) is 19.1. The van der Waals surface area contributed by atoms with Crippen molar-refractivity contribution in [3.05, 3.63) is 71.0 Å². The van der Waals surface area contributed by atoms with Gasteiger partial charge in [-0.05, 0) is 44.2 Å². The quantitative estimate of drug-likeness (QED) is 0.617. The number of allylic oxidation sites excluding steroid dienone is 1. The summed E-state index contributed by atoms with van der Waals surface area (Å²) in [7, 11) is 0. The first-order valence-corrected chi connectivity index (χ1v) is 11.8. The standard InChI is InChI=1S/C24H26F3N3O2S/c1-16-21(17(2)32-28-16)15-33-22-9-4-3-8-20(22)23(31)30-12-10-29(11-13-30)19-7-5-6-18(14-19)24(25,26)27/h3-9,14,16,28H,10-13,15H2,1-2H3. The molecule has 1 N–H and O–H groups in total. The molecule has 2 aliphatic rings. The number of rotatable bonds is 5. The molecule has 0 aromatic heterocycles. The fourth-order valence-corrected chi connectivity index (χ4v) is 5.24. The number of thioether (sulfide) groups is 1. The van der Waals surface area contributed by atoms with Crippen LogP contribution in [0.4, 0.5) is 18.9 Å². The number of piperazine rings is 1. The van der Waals surface area contributed by atoms with Crippen molar-refractivity contribution in [3.8, 4) is 0 Å². The molecule has 0 saturated carbocycles. The van der Waals surface area contributed by atoms with E-state index in [0.29, 0.717) is 43.2 Å². The van der Waals surface area contributed by atoms with E-state index in [9.17, 15) is 18.0 Å². The SMILES string of the molecule is CC1=C(CSc2ccccc2C(=O)N2CCN(c3cccc(C(F)(F)F)c3)CC2)C(C)NO1. The van der Waals surface area contributed by atoms with Gasteiger partial charge in [0.25, 0.3) is 5.91 Å². The van der Waals surface area contributed by atoms with Gasteiger partial charge < -0.3 is 14.6 Å². The van der Waals surface area contributed by atoms with E-state index in [4.69, 9.17) is 4.84 Å². The molecular formula is C24H26F3N3O2S. The maximum Gasteiger partial charge on any atom is 0.416 e. The average Bonchev–Trinajstić information content (AvgIpc) is 3.14. The molecule has 2 aromatic carbocycles. The summed E-state index contributed by atoms with van der Waals surface area (Å²) in [6, 6.07) is 13.0. The lowest BCUT2D eigenvalue weighted by Gasteiger charge is -2.36. The third-order valence-corrected chi connectivity index (χ3v) is 7.09. The summed E-state index contributed by atoms with van der Waals surface area (Å²) >= 11 is 1.60. The van der Waals surface area contributed by atoms with E-state index in [2.05, 4.69) is 5.48 Å². The van der Waals surface area contributed by atoms with Crippen LogP contribution in [0.2, 0.25) is 0 Å². The van der Waals surface area contributed by atoms with Crippen LogP contribution in [0.3, 0.4) is 0 Å². The lowest BCUT2D eigenvalue weighted by atomic mass is 10.1. The number of amides is 1. The number of anilines is 1. The number of halogens is 3. The number of carbonyl (C=O) groups excluding carboxylic acids is 1. The molecule has 2 aliphatic heterocycles. The Kier molecular flexibility index (Phi) is 6.90. The Labute approximate surface area is 195 Å². The number of nitrogens with zero attached hydrogens (tertiary/aromatic N) is 2. The van der Waals surface area contributed by atoms with E-state index in [1.54, 1.807) is 22.7 Å². The lowest BCUT2D eigenvalue weighted by Crippen LogP contribution is -2.49. The monoisotopic (exact) mass is 477 g/mol. The predicted molar refractivity (Wildman–Crippen MR) is 123 cm³/mol. The van der Waals surface area contributed by atoms with Gasteiger partial charge in [0, 0.05) is 48.1 Å². The van der Waals surface area contributed by atoms with Crippen molar-refractivity contribution in [2.24, 2.45) is 0 Å². The van der Waals surface area contributed by atoms with Crippen molar-refractivity contribution in [1.29, 1.82) is 0 Å². The molecule has 1 amide bonds. The Bertz CT molecular complexity index is 1050. The van der Waals surface area contributed by atoms with Gasteiger partial charge in [-0.2, -0.15) is 18.7 Å². The zero-order valence-electron chi connectivity index (χ0n) is 18.5. The topological polar surface area (TPSA) is 44.8 Å². The minimum atomic E-state index is -4.37. The van der Waals surface area contributed by atoms with Crippen LogP contribution in [0.5, 0.6) is 0 Å². The zero-order valence-corrected chi connectivity index (χ0v) is 19.3. The molecule has 4 rings (SSSR count). The number of nitrogens with one attached hydrogen (secondary N) is 1. The van der Waals surface area contributed by atoms with Gasteiger partial charge in [0.1, 0.15) is 5.76 Å². The van der Waals surface area contributed by atoms with Gasteiger partial charge in [0.2, 0.25) is 0 Å². The highest BCUT2D eigenvalue weighted by Crippen LogP contribution is 2.32. The molecule has 1 fully saturated rings. The van der Waals surface area contributed by atoms with Crippen LogP contribution in [-0.2, 0) is 11.0 Å². The van der Waals surface area contributed by atoms with E-state index >= 15 is 0 Å². The third-order valence-electron chi connectivity index (χ3n) is 5.97. The Morgan fingerprint density at radius 1 is 1.12 bits per heavy atom. The van der Waals surface area contributed by atoms with Gasteiger partial charge >= 0.3 is 6.18 Å². The smallest absolute Gasteiger partial charge is 0.413 e. The molecule has 0 bridgehead atoms. The van der Waals surface area contributed by atoms with E-state index in [1.165, 1.54) is 12.1 Å². The molecule has 0 aliphatic carbocycles. The maximum absolute atomic E-state index is 13.3. The molecule has 9 heteroatoms. The van der Waals surface area contributed by atoms with Gasteiger partial charge in [-0.3, -0.25) is 4.79 Å². The predicted octanol–water partition coefficient (Wildman–Crippen LogP) is 4.96. The Hall–Kier alpha value is -2.65. The van der Waals surface area contributed by atoms with Gasteiger partial charge in [0.15, 0.2) is 0 Å². The molecule has 2 heterocycles. The fourth-order valence-electron chi connectivity index (χ4n) is 3.99. The molecule has 0 spiro atoms. The Balaban J connectivity index is 1.41. The number of carbonyl (C=O) groups is 1. The van der Waals surface area contributed by atoms with Crippen LogP contribution < -0.4 is 10.4 Å². The van der Waals surface area contributed by atoms with E-state index < -0.39 is 11.7 Å². The lowest BCUT2D eigenvalue weighted by molar-refractivity contribution is -0.137. The maximum atomic E-state index is 13.3. The molecule has 176 valence electrons. The molecule has 2 aromatic rings. The number of hydrogen-bond acceptors (Lipinski definition) is 5. The highest BCUT2D eigenvalue weighted by atomic mass is 32.2. The van der Waals surface area contributed by atoms with Crippen molar-refractivity contribution in [2.45, 2.75) is 31.0 Å². The fraction of sp³-hybridized carbons (Fsp3) is 0.375. The average molecular weight is 478 g/mol. The second-order valence-corrected chi connectivity index (χ2v) is 9.15. The summed E-state index contributed by atoms with van der Waals surface area (Å²) in [6.07, 6.45) is -4.37. The summed E-state index contributed by atoms with van der Waals surface area (Å²) < 4.78 is 39.1. The second-order valence-electron chi connectivity index (χ2n) is 8.14. The summed E-state index contributed by atoms with van der Waals surface area (Å²) in [5.74, 6) is 1.53. The van der Waals surface area contributed by atoms with Crippen LogP contribution in [0.1, 0.15) is 29.8 Å². The van der Waals surface area contributed by atoms with Crippen LogP contribution in [-0.4, -0.2) is 48.8 Å². The number of hydroxylamine groups is 1. The van der Waals surface area contributed by atoms with Gasteiger partial charge in [0.05, 0.1) is 17.2 Å². The van der Waals surface area contributed by atoms with E-state index in [-0.39, 0.29) is 11.9 Å². The molecule has 1 saturated heterocycles. The van der Waals surface area contributed by atoms with E-state index in [0.717, 1.165) is 22.3 Å². The number of alkyl halides is 3. The highest BCUT2D eigenvalue weighted by Gasteiger charge is 2.31. The van der Waals surface area contributed by atoms with E-state index in [1.807, 2.05) is 43.0 Å². The first-order chi connectivity index (χ1) is 15.7. The van der Waals surface area contributed by atoms with Crippen LogP contribution >= 0.6 is 11.8 Å². The minimum Gasteiger partial charge on any atom is -0.413 e. The third kappa shape index (κ3) is 5.30. The molecule has 33 heavy (non-hydrogen) atoms. The van der Waals surface area contributed by atoms with Gasteiger partial charge in [-0.1, -0.05) is 18.2 Å². The van der Waals surface area contributed by atoms with Crippen molar-refractivity contribution < 1.29 is 22.8 Å². The van der Waals surface area contributed by atoms with Gasteiger partial charge in [-0.25, -0.2) is 0 Å². The van der Waals surface area contributed by atoms with Crippen LogP contribution in [0.25, 0.3) is 0 Å². The highest BCUT2D eigenvalue weighted by molar-refractivity contribution is 7.99. The second kappa shape index (κ2) is 9.69. The largest absolute Gasteiger partial charge is 0.416 e. The zero-order chi connectivity index (χ0) is 23.6. The first-order valence-electron chi connectivity index (χ1n) is 10.8. The Morgan fingerprint density at radius 3 is 2.52 bits per heavy atom. The summed E-state index contributed by atoms with van der Waals surface area (Å²) in [5, 5.41) is 0. The van der Waals surface area contributed by atoms with Gasteiger partial charge in [-0.15, -0.1) is 11.8 Å². The summed E-state index contributed by atoms with van der Waals surface area (Å²) in [6.45, 7) is 5.82. The van der Waals surface area contributed by atoms with Crippen molar-refractivity contribution in [1.82, 2.24) is 10.4 Å². The summed E-state index contributed by atoms with van der Waals surface area (Å²) in [4.78, 5) is 23.2. The van der Waals surface area contributed by atoms with Crippen LogP contribution in [0.15, 0.2) is 64.8 Å². The molecular weight excluding hydrogens is 451 g/mol. The number of benzene rings is 2. The number of hydrogen-bond donors (Lipinski definition) is 1. The first kappa shape index (κ1) is 23.5. The molecule has 0 radical (unpaired) electrons. The molecule has 5 nitrogen and oxygen atoms in total. The molecule has 1 atom stereocenters. The van der Waals surface area contributed by atoms with Crippen molar-refractivity contribution in [2.75, 3.05) is 36.8 Å². The summed E-state index contributed by atoms with van der Waals surface area (Å²) in [5.41, 5.74) is 4.62. The molecule has 1 unspecified atom stereocenters.